The summed E-state index contributed by atoms with van der Waals surface area (Å²) in [6.07, 6.45) is 7.08. The van der Waals surface area contributed by atoms with Crippen LogP contribution < -0.4 is 4.90 Å². The van der Waals surface area contributed by atoms with Crippen molar-refractivity contribution in [1.82, 2.24) is 24.6 Å². The molecule has 23 heavy (non-hydrogen) atoms. The third-order valence-electron chi connectivity index (χ3n) is 3.98. The van der Waals surface area contributed by atoms with E-state index in [9.17, 15) is 8.78 Å². The number of piperazine rings is 1. The van der Waals surface area contributed by atoms with Crippen LogP contribution in [0.4, 0.5) is 14.7 Å². The molecule has 1 saturated heterocycles. The van der Waals surface area contributed by atoms with Crippen LogP contribution in [0.5, 0.6) is 0 Å². The Hall–Kier alpha value is -2.09. The fourth-order valence-electron chi connectivity index (χ4n) is 2.71. The first-order valence-electron chi connectivity index (χ1n) is 7.83. The Morgan fingerprint density at radius 2 is 1.57 bits per heavy atom. The van der Waals surface area contributed by atoms with Crippen molar-refractivity contribution >= 4 is 5.95 Å². The first-order valence-corrected chi connectivity index (χ1v) is 7.83. The average Bonchev–Trinajstić information content (AvgIpc) is 2.98. The first kappa shape index (κ1) is 15.8. The summed E-state index contributed by atoms with van der Waals surface area (Å²) in [6.45, 7) is 5.33. The molecular weight excluding hydrogens is 302 g/mol. The van der Waals surface area contributed by atoms with E-state index in [1.54, 1.807) is 4.68 Å². The maximum Gasteiger partial charge on any atom is 0.225 e. The maximum atomic E-state index is 12.8. The molecule has 2 aromatic rings. The van der Waals surface area contributed by atoms with Gasteiger partial charge in [-0.25, -0.2) is 18.7 Å². The first-order chi connectivity index (χ1) is 11.2. The highest BCUT2D eigenvalue weighted by atomic mass is 19.1. The van der Waals surface area contributed by atoms with Crippen molar-refractivity contribution in [2.45, 2.75) is 19.4 Å². The number of halogens is 2. The molecule has 0 aromatic carbocycles. The molecule has 0 amide bonds. The lowest BCUT2D eigenvalue weighted by Crippen LogP contribution is -2.47. The van der Waals surface area contributed by atoms with Crippen molar-refractivity contribution in [3.05, 3.63) is 36.4 Å². The minimum Gasteiger partial charge on any atom is -0.338 e. The van der Waals surface area contributed by atoms with E-state index in [-0.39, 0.29) is 5.82 Å². The van der Waals surface area contributed by atoms with Gasteiger partial charge in [0, 0.05) is 32.7 Å². The Balaban J connectivity index is 1.35. The molecule has 124 valence electrons. The van der Waals surface area contributed by atoms with Gasteiger partial charge in [-0.1, -0.05) is 0 Å². The van der Waals surface area contributed by atoms with Crippen LogP contribution in [0.25, 0.3) is 0 Å². The molecule has 2 aromatic heterocycles. The second-order valence-corrected chi connectivity index (χ2v) is 5.66. The second kappa shape index (κ2) is 7.45. The summed E-state index contributed by atoms with van der Waals surface area (Å²) in [6, 6.07) is 0. The van der Waals surface area contributed by atoms with Crippen molar-refractivity contribution in [2.75, 3.05) is 37.6 Å². The van der Waals surface area contributed by atoms with Crippen molar-refractivity contribution in [2.24, 2.45) is 0 Å². The molecule has 0 unspecified atom stereocenters. The van der Waals surface area contributed by atoms with Crippen LogP contribution in [0.3, 0.4) is 0 Å². The van der Waals surface area contributed by atoms with Crippen molar-refractivity contribution < 1.29 is 8.78 Å². The molecule has 0 bridgehead atoms. The summed E-state index contributed by atoms with van der Waals surface area (Å²) in [5.74, 6) is -0.111. The monoisotopic (exact) mass is 322 g/mol. The predicted octanol–water partition coefficient (Wildman–Crippen LogP) is 1.55. The summed E-state index contributed by atoms with van der Waals surface area (Å²) < 4.78 is 27.3. The van der Waals surface area contributed by atoms with Gasteiger partial charge in [0.2, 0.25) is 5.95 Å². The van der Waals surface area contributed by atoms with Gasteiger partial charge in [-0.05, 0) is 19.4 Å². The van der Waals surface area contributed by atoms with Gasteiger partial charge in [-0.2, -0.15) is 5.10 Å². The minimum atomic E-state index is -0.413. The van der Waals surface area contributed by atoms with Gasteiger partial charge in [0.15, 0.2) is 11.6 Å². The minimum absolute atomic E-state index is 0.288. The molecule has 0 spiro atoms. The topological polar surface area (TPSA) is 50.1 Å². The van der Waals surface area contributed by atoms with Crippen LogP contribution in [0.15, 0.2) is 24.8 Å². The fourth-order valence-corrected chi connectivity index (χ4v) is 2.71. The Bertz CT molecular complexity index is 607. The van der Waals surface area contributed by atoms with Crippen molar-refractivity contribution in [3.63, 3.8) is 0 Å². The Kier molecular flexibility index (Phi) is 5.12. The molecule has 0 aliphatic carbocycles. The molecule has 1 fully saturated rings. The lowest BCUT2D eigenvalue weighted by atomic mass is 10.2. The van der Waals surface area contributed by atoms with Crippen LogP contribution in [-0.2, 0) is 6.54 Å². The molecule has 1 aliphatic heterocycles. The molecule has 3 rings (SSSR count). The number of aromatic nitrogens is 4. The molecular formula is C15H20F2N6. The number of anilines is 1. The van der Waals surface area contributed by atoms with Crippen LogP contribution in [-0.4, -0.2) is 57.4 Å². The lowest BCUT2D eigenvalue weighted by Gasteiger charge is -2.34. The van der Waals surface area contributed by atoms with Gasteiger partial charge in [-0.3, -0.25) is 9.58 Å². The number of aryl methyl sites for hydroxylation is 1. The van der Waals surface area contributed by atoms with Gasteiger partial charge in [0.25, 0.3) is 0 Å². The molecule has 0 saturated carbocycles. The van der Waals surface area contributed by atoms with E-state index in [2.05, 4.69) is 24.9 Å². The standard InChI is InChI=1S/C15H20F2N6/c16-13-9-18-15(19-10-13)22-7-5-21(6-8-22)3-1-2-4-23-12-14(17)11-20-23/h9-12H,1-8H2. The second-order valence-electron chi connectivity index (χ2n) is 5.66. The van der Waals surface area contributed by atoms with E-state index in [0.717, 1.165) is 52.1 Å². The summed E-state index contributed by atoms with van der Waals surface area (Å²) in [5, 5.41) is 3.93. The normalized spacial score (nSPS) is 16.0. The quantitative estimate of drug-likeness (QED) is 0.755. The Labute approximate surface area is 133 Å². The Morgan fingerprint density at radius 3 is 2.22 bits per heavy atom. The van der Waals surface area contributed by atoms with Gasteiger partial charge in [0.05, 0.1) is 24.8 Å². The number of nitrogens with zero attached hydrogens (tertiary/aromatic N) is 6. The predicted molar refractivity (Wildman–Crippen MR) is 82.1 cm³/mol. The smallest absolute Gasteiger partial charge is 0.225 e. The van der Waals surface area contributed by atoms with Gasteiger partial charge >= 0.3 is 0 Å². The zero-order valence-electron chi connectivity index (χ0n) is 12.9. The summed E-state index contributed by atoms with van der Waals surface area (Å²) in [7, 11) is 0. The molecule has 0 N–H and O–H groups in total. The Morgan fingerprint density at radius 1 is 0.870 bits per heavy atom. The van der Waals surface area contributed by atoms with Crippen LogP contribution in [0.1, 0.15) is 12.8 Å². The maximum absolute atomic E-state index is 12.8. The molecule has 0 radical (unpaired) electrons. The third-order valence-corrected chi connectivity index (χ3v) is 3.98. The van der Waals surface area contributed by atoms with Gasteiger partial charge in [-0.15, -0.1) is 0 Å². The fraction of sp³-hybridized carbons (Fsp3) is 0.533. The summed E-state index contributed by atoms with van der Waals surface area (Å²) in [5.41, 5.74) is 0. The van der Waals surface area contributed by atoms with Gasteiger partial charge in [0.1, 0.15) is 0 Å². The van der Waals surface area contributed by atoms with Crippen molar-refractivity contribution in [1.29, 1.82) is 0 Å². The lowest BCUT2D eigenvalue weighted by molar-refractivity contribution is 0.249. The number of hydrogen-bond donors (Lipinski definition) is 0. The van der Waals surface area contributed by atoms with Crippen LogP contribution in [0, 0.1) is 11.6 Å². The van der Waals surface area contributed by atoms with E-state index in [4.69, 9.17) is 0 Å². The molecule has 3 heterocycles. The molecule has 6 nitrogen and oxygen atoms in total. The molecule has 0 atom stereocenters. The third kappa shape index (κ3) is 4.44. The van der Waals surface area contributed by atoms with E-state index in [0.29, 0.717) is 5.95 Å². The highest BCUT2D eigenvalue weighted by Gasteiger charge is 2.18. The van der Waals surface area contributed by atoms with Crippen LogP contribution >= 0.6 is 0 Å². The van der Waals surface area contributed by atoms with Crippen molar-refractivity contribution in [3.8, 4) is 0 Å². The number of unbranched alkanes of at least 4 members (excludes halogenated alkanes) is 1. The average molecular weight is 322 g/mol. The molecule has 1 aliphatic rings. The largest absolute Gasteiger partial charge is 0.338 e. The van der Waals surface area contributed by atoms with Crippen LogP contribution in [0.2, 0.25) is 0 Å². The highest BCUT2D eigenvalue weighted by molar-refractivity contribution is 5.29. The zero-order valence-corrected chi connectivity index (χ0v) is 12.9. The summed E-state index contributed by atoms with van der Waals surface area (Å²) in [4.78, 5) is 12.5. The highest BCUT2D eigenvalue weighted by Crippen LogP contribution is 2.11. The zero-order chi connectivity index (χ0) is 16.1. The number of rotatable bonds is 6. The van der Waals surface area contributed by atoms with E-state index >= 15 is 0 Å². The molecule has 8 heteroatoms. The number of hydrogen-bond acceptors (Lipinski definition) is 5. The van der Waals surface area contributed by atoms with E-state index < -0.39 is 5.82 Å². The SMILES string of the molecule is Fc1cnc(N2CCN(CCCCn3cc(F)cn3)CC2)nc1. The van der Waals surface area contributed by atoms with Gasteiger partial charge < -0.3 is 4.90 Å². The van der Waals surface area contributed by atoms with E-state index in [1.165, 1.54) is 24.8 Å². The summed E-state index contributed by atoms with van der Waals surface area (Å²) >= 11 is 0. The van der Waals surface area contributed by atoms with E-state index in [1.807, 2.05) is 0 Å².